The molecule has 1 aromatic carbocycles. The van der Waals surface area contributed by atoms with Crippen molar-refractivity contribution in [2.75, 3.05) is 11.5 Å². The first-order valence-corrected chi connectivity index (χ1v) is 10.4. The van der Waals surface area contributed by atoms with Gasteiger partial charge in [-0.3, -0.25) is 0 Å². The molecule has 0 atom stereocenters. The molecule has 0 saturated heterocycles. The topological polar surface area (TPSA) is 56.7 Å². The quantitative estimate of drug-likeness (QED) is 0.390. The number of nitrogens with zero attached hydrogens (tertiary/aromatic N) is 3. The van der Waals surface area contributed by atoms with Crippen molar-refractivity contribution in [3.05, 3.63) is 45.8 Å². The number of nitrogens with two attached hydrogens (primary N) is 1. The number of aryl methyl sites for hydroxylation is 3. The zero-order valence-electron chi connectivity index (χ0n) is 14.9. The highest BCUT2D eigenvalue weighted by molar-refractivity contribution is 7.99. The van der Waals surface area contributed by atoms with Gasteiger partial charge in [0.1, 0.15) is 11.3 Å². The van der Waals surface area contributed by atoms with Crippen molar-refractivity contribution in [2.45, 2.75) is 44.6 Å². The maximum absolute atomic E-state index is 6.21. The first-order valence-electron chi connectivity index (χ1n) is 8.63. The molecule has 2 heterocycles. The van der Waals surface area contributed by atoms with Crippen molar-refractivity contribution < 1.29 is 0 Å². The number of hydrogen-bond donors (Lipinski definition) is 1. The van der Waals surface area contributed by atoms with Gasteiger partial charge in [0.25, 0.3) is 0 Å². The first kappa shape index (κ1) is 19.3. The maximum Gasteiger partial charge on any atom is 0.151 e. The molecule has 0 fully saturated rings. The predicted octanol–water partition coefficient (Wildman–Crippen LogP) is 5.90. The summed E-state index contributed by atoms with van der Waals surface area (Å²) >= 11 is 13.9. The molecule has 3 aromatic rings. The average Bonchev–Trinajstić information content (AvgIpc) is 2.94. The van der Waals surface area contributed by atoms with Crippen LogP contribution in [-0.2, 0) is 6.54 Å². The van der Waals surface area contributed by atoms with Crippen molar-refractivity contribution in [1.29, 1.82) is 0 Å². The van der Waals surface area contributed by atoms with Crippen LogP contribution in [0.1, 0.15) is 30.7 Å². The van der Waals surface area contributed by atoms with Gasteiger partial charge >= 0.3 is 0 Å². The summed E-state index contributed by atoms with van der Waals surface area (Å²) in [6.45, 7) is 5.02. The number of halogens is 2. The lowest BCUT2D eigenvalue weighted by atomic mass is 10.2. The summed E-state index contributed by atoms with van der Waals surface area (Å²) in [5.41, 5.74) is 9.01. The van der Waals surface area contributed by atoms with Crippen LogP contribution in [0.2, 0.25) is 10.0 Å². The second kappa shape index (κ2) is 8.51. The second-order valence-corrected chi connectivity index (χ2v) is 8.30. The molecule has 0 aliphatic rings. The minimum Gasteiger partial charge on any atom is -0.382 e. The monoisotopic (exact) mass is 408 g/mol. The fraction of sp³-hybridized carbons (Fsp3) is 0.368. The van der Waals surface area contributed by atoms with Crippen LogP contribution in [0, 0.1) is 13.8 Å². The van der Waals surface area contributed by atoms with Crippen molar-refractivity contribution in [3.8, 4) is 0 Å². The van der Waals surface area contributed by atoms with E-state index in [1.165, 1.54) is 0 Å². The van der Waals surface area contributed by atoms with Gasteiger partial charge in [-0.05, 0) is 56.2 Å². The van der Waals surface area contributed by atoms with Crippen molar-refractivity contribution >= 4 is 51.8 Å². The van der Waals surface area contributed by atoms with E-state index >= 15 is 0 Å². The van der Waals surface area contributed by atoms with E-state index in [2.05, 4.69) is 21.5 Å². The van der Waals surface area contributed by atoms with Crippen molar-refractivity contribution in [3.63, 3.8) is 0 Å². The SMILES string of the molecule is Cc1cnc(N)c2nc(C)n(CCCCCSc3ccc(Cl)cc3Cl)c12. The molecule has 2 aromatic heterocycles. The molecule has 2 N–H and O–H groups in total. The molecular formula is C19H22Cl2N4S. The van der Waals surface area contributed by atoms with Crippen LogP contribution in [0.25, 0.3) is 11.0 Å². The largest absolute Gasteiger partial charge is 0.382 e. The van der Waals surface area contributed by atoms with E-state index in [0.29, 0.717) is 10.8 Å². The summed E-state index contributed by atoms with van der Waals surface area (Å²) in [5, 5.41) is 1.40. The van der Waals surface area contributed by atoms with Crippen LogP contribution in [0.3, 0.4) is 0 Å². The van der Waals surface area contributed by atoms with E-state index in [1.807, 2.05) is 25.3 Å². The van der Waals surface area contributed by atoms with Gasteiger partial charge in [0.05, 0.1) is 10.5 Å². The third-order valence-electron chi connectivity index (χ3n) is 4.35. The Balaban J connectivity index is 1.52. The second-order valence-electron chi connectivity index (χ2n) is 6.32. The van der Waals surface area contributed by atoms with E-state index in [-0.39, 0.29) is 0 Å². The molecular weight excluding hydrogens is 387 g/mol. The molecule has 0 aliphatic carbocycles. The third kappa shape index (κ3) is 4.27. The molecule has 4 nitrogen and oxygen atoms in total. The number of nitrogen functional groups attached to an aromatic ring is 1. The molecule has 3 rings (SSSR count). The zero-order valence-corrected chi connectivity index (χ0v) is 17.3. The van der Waals surface area contributed by atoms with Crippen LogP contribution < -0.4 is 5.73 Å². The van der Waals surface area contributed by atoms with E-state index in [4.69, 9.17) is 28.9 Å². The highest BCUT2D eigenvalue weighted by atomic mass is 35.5. The van der Waals surface area contributed by atoms with Gasteiger partial charge in [-0.15, -0.1) is 11.8 Å². The summed E-state index contributed by atoms with van der Waals surface area (Å²) in [6, 6.07) is 5.66. The molecule has 0 saturated carbocycles. The van der Waals surface area contributed by atoms with Gasteiger partial charge in [-0.1, -0.05) is 29.6 Å². The average molecular weight is 409 g/mol. The fourth-order valence-corrected chi connectivity index (χ4v) is 4.53. The molecule has 0 bridgehead atoms. The summed E-state index contributed by atoms with van der Waals surface area (Å²) in [4.78, 5) is 9.88. The number of fused-ring (bicyclic) bond motifs is 1. The lowest BCUT2D eigenvalue weighted by Gasteiger charge is -2.09. The van der Waals surface area contributed by atoms with Gasteiger partial charge in [0.15, 0.2) is 5.82 Å². The highest BCUT2D eigenvalue weighted by Gasteiger charge is 2.12. The smallest absolute Gasteiger partial charge is 0.151 e. The Morgan fingerprint density at radius 2 is 1.96 bits per heavy atom. The molecule has 0 unspecified atom stereocenters. The fourth-order valence-electron chi connectivity index (χ4n) is 3.03. The summed E-state index contributed by atoms with van der Waals surface area (Å²) in [6.07, 6.45) is 5.21. The highest BCUT2D eigenvalue weighted by Crippen LogP contribution is 2.30. The Hall–Kier alpha value is -1.43. The van der Waals surface area contributed by atoms with Gasteiger partial charge in [0.2, 0.25) is 0 Å². The third-order valence-corrected chi connectivity index (χ3v) is 6.17. The first-order chi connectivity index (χ1) is 12.5. The number of unbranched alkanes of at least 4 members (excludes halogenated alkanes) is 2. The molecule has 0 aliphatic heterocycles. The Morgan fingerprint density at radius 1 is 1.15 bits per heavy atom. The number of thioether (sulfide) groups is 1. The molecule has 0 radical (unpaired) electrons. The molecule has 0 amide bonds. The Labute approximate surface area is 168 Å². The van der Waals surface area contributed by atoms with Crippen LogP contribution in [0.4, 0.5) is 5.82 Å². The number of benzene rings is 1. The summed E-state index contributed by atoms with van der Waals surface area (Å²) < 4.78 is 2.26. The minimum atomic E-state index is 0.503. The van der Waals surface area contributed by atoms with E-state index in [9.17, 15) is 0 Å². The van der Waals surface area contributed by atoms with Gasteiger partial charge in [-0.25, -0.2) is 9.97 Å². The van der Waals surface area contributed by atoms with Crippen molar-refractivity contribution in [2.24, 2.45) is 0 Å². The molecule has 26 heavy (non-hydrogen) atoms. The Morgan fingerprint density at radius 3 is 2.73 bits per heavy atom. The number of rotatable bonds is 7. The zero-order chi connectivity index (χ0) is 18.7. The Bertz CT molecular complexity index is 924. The normalized spacial score (nSPS) is 11.4. The molecule has 7 heteroatoms. The summed E-state index contributed by atoms with van der Waals surface area (Å²) in [7, 11) is 0. The van der Waals surface area contributed by atoms with Crippen LogP contribution >= 0.6 is 35.0 Å². The van der Waals surface area contributed by atoms with Gasteiger partial charge in [-0.2, -0.15) is 0 Å². The lowest BCUT2D eigenvalue weighted by Crippen LogP contribution is -2.02. The predicted molar refractivity (Wildman–Crippen MR) is 112 cm³/mol. The number of imidazole rings is 1. The van der Waals surface area contributed by atoms with Crippen LogP contribution in [0.5, 0.6) is 0 Å². The van der Waals surface area contributed by atoms with Crippen molar-refractivity contribution in [1.82, 2.24) is 14.5 Å². The number of hydrogen-bond acceptors (Lipinski definition) is 4. The van der Waals surface area contributed by atoms with E-state index in [1.54, 1.807) is 17.8 Å². The minimum absolute atomic E-state index is 0.503. The Kier molecular flexibility index (Phi) is 6.33. The molecule has 138 valence electrons. The number of aromatic nitrogens is 3. The standard InChI is InChI=1S/C19H22Cl2N4S/c1-12-11-23-19(22)17-18(12)25(13(2)24-17)8-4-3-5-9-26-16-7-6-14(20)10-15(16)21/h6-7,10-11H,3-5,8-9H2,1-2H3,(H2,22,23). The summed E-state index contributed by atoms with van der Waals surface area (Å²) in [5.74, 6) is 2.54. The van der Waals surface area contributed by atoms with E-state index in [0.717, 1.165) is 63.9 Å². The van der Waals surface area contributed by atoms with Crippen LogP contribution in [0.15, 0.2) is 29.3 Å². The van der Waals surface area contributed by atoms with E-state index < -0.39 is 0 Å². The van der Waals surface area contributed by atoms with Gasteiger partial charge < -0.3 is 10.3 Å². The maximum atomic E-state index is 6.21. The van der Waals surface area contributed by atoms with Gasteiger partial charge in [0, 0.05) is 22.7 Å². The molecule has 0 spiro atoms. The van der Waals surface area contributed by atoms with Crippen LogP contribution in [-0.4, -0.2) is 20.3 Å². The number of pyridine rings is 1. The number of anilines is 1. The lowest BCUT2D eigenvalue weighted by molar-refractivity contribution is 0.603.